The van der Waals surface area contributed by atoms with Crippen LogP contribution in [0.2, 0.25) is 0 Å². The molecule has 36 heavy (non-hydrogen) atoms. The molecule has 0 spiro atoms. The first-order chi connectivity index (χ1) is 17.3. The van der Waals surface area contributed by atoms with Crippen molar-refractivity contribution in [1.29, 1.82) is 0 Å². The lowest BCUT2D eigenvalue weighted by Crippen LogP contribution is -2.42. The summed E-state index contributed by atoms with van der Waals surface area (Å²) in [5.74, 6) is 1.63. The number of aromatic nitrogens is 2. The van der Waals surface area contributed by atoms with Gasteiger partial charge in [-0.05, 0) is 75.3 Å². The van der Waals surface area contributed by atoms with Gasteiger partial charge >= 0.3 is 6.16 Å². The Kier molecular flexibility index (Phi) is 8.36. The summed E-state index contributed by atoms with van der Waals surface area (Å²) < 4.78 is 6.66. The van der Waals surface area contributed by atoms with Crippen LogP contribution in [0, 0.1) is 11.8 Å². The highest BCUT2D eigenvalue weighted by Crippen LogP contribution is 2.35. The molecule has 4 rings (SSSR count). The summed E-state index contributed by atoms with van der Waals surface area (Å²) >= 11 is 1.76. The fourth-order valence-corrected chi connectivity index (χ4v) is 5.43. The van der Waals surface area contributed by atoms with E-state index in [-0.39, 0.29) is 29.4 Å². The Labute approximate surface area is 216 Å². The standard InChI is InChI=1S/C28H33N3O4S/c1-19(2)31(27(32)22-13-9-20(3)10-14-22)26-25(35-28(33)34)17-30(29-26)23-15-11-21(12-16-23)18-36-24-7-5-4-6-8-24/h4-8,11-12,15-17,19-20,22H,9-10,13-14,18H2,1-3H3,(H,33,34). The molecule has 1 fully saturated rings. The second kappa shape index (κ2) is 11.6. The summed E-state index contributed by atoms with van der Waals surface area (Å²) in [5.41, 5.74) is 1.92. The monoisotopic (exact) mass is 507 g/mol. The van der Waals surface area contributed by atoms with Crippen LogP contribution in [-0.4, -0.2) is 33.0 Å². The van der Waals surface area contributed by atoms with Crippen LogP contribution >= 0.6 is 11.8 Å². The summed E-state index contributed by atoms with van der Waals surface area (Å²) in [6.07, 6.45) is 3.80. The smallest absolute Gasteiger partial charge is 0.449 e. The first-order valence-corrected chi connectivity index (χ1v) is 13.4. The maximum Gasteiger partial charge on any atom is 0.511 e. The van der Waals surface area contributed by atoms with Crippen molar-refractivity contribution < 1.29 is 19.4 Å². The maximum atomic E-state index is 13.5. The third-order valence-electron chi connectivity index (χ3n) is 6.56. The van der Waals surface area contributed by atoms with Crippen molar-refractivity contribution in [1.82, 2.24) is 9.78 Å². The summed E-state index contributed by atoms with van der Waals surface area (Å²) in [6.45, 7) is 6.03. The normalized spacial score (nSPS) is 17.7. The van der Waals surface area contributed by atoms with E-state index < -0.39 is 6.16 Å². The second-order valence-electron chi connectivity index (χ2n) is 9.66. The van der Waals surface area contributed by atoms with E-state index in [4.69, 9.17) is 4.74 Å². The van der Waals surface area contributed by atoms with Gasteiger partial charge in [0.05, 0.1) is 11.9 Å². The van der Waals surface area contributed by atoms with Crippen molar-refractivity contribution in [2.45, 2.75) is 63.1 Å². The molecule has 1 amide bonds. The molecular weight excluding hydrogens is 474 g/mol. The SMILES string of the molecule is CC1CCC(C(=O)N(c2nn(-c3ccc(CSc4ccccc4)cc3)cc2OC(=O)O)C(C)C)CC1. The molecular formula is C28H33N3O4S. The average molecular weight is 508 g/mol. The Morgan fingerprint density at radius 1 is 1.08 bits per heavy atom. The molecule has 0 unspecified atom stereocenters. The van der Waals surface area contributed by atoms with Crippen LogP contribution in [0.15, 0.2) is 65.7 Å². The zero-order valence-electron chi connectivity index (χ0n) is 21.0. The number of carbonyl (C=O) groups excluding carboxylic acids is 1. The topological polar surface area (TPSA) is 84.7 Å². The highest BCUT2D eigenvalue weighted by atomic mass is 32.2. The molecule has 1 N–H and O–H groups in total. The van der Waals surface area contributed by atoms with Crippen molar-refractivity contribution >= 4 is 29.6 Å². The van der Waals surface area contributed by atoms with Gasteiger partial charge in [0.2, 0.25) is 11.7 Å². The van der Waals surface area contributed by atoms with Crippen LogP contribution < -0.4 is 9.64 Å². The van der Waals surface area contributed by atoms with Gasteiger partial charge in [0.1, 0.15) is 0 Å². The molecule has 0 saturated heterocycles. The Balaban J connectivity index is 1.57. The number of amides is 1. The van der Waals surface area contributed by atoms with E-state index in [0.717, 1.165) is 42.7 Å². The van der Waals surface area contributed by atoms with E-state index in [2.05, 4.69) is 24.2 Å². The Morgan fingerprint density at radius 2 is 1.75 bits per heavy atom. The zero-order valence-corrected chi connectivity index (χ0v) is 21.8. The molecule has 1 aliphatic carbocycles. The van der Waals surface area contributed by atoms with Gasteiger partial charge in [-0.2, -0.15) is 0 Å². The highest BCUT2D eigenvalue weighted by Gasteiger charge is 2.34. The molecule has 7 nitrogen and oxygen atoms in total. The Hall–Kier alpha value is -3.26. The molecule has 0 atom stereocenters. The number of hydrogen-bond donors (Lipinski definition) is 1. The van der Waals surface area contributed by atoms with Crippen LogP contribution in [0.4, 0.5) is 10.6 Å². The van der Waals surface area contributed by atoms with E-state index >= 15 is 0 Å². The molecule has 3 aromatic rings. The molecule has 190 valence electrons. The fraction of sp³-hybridized carbons (Fsp3) is 0.393. The number of benzene rings is 2. The van der Waals surface area contributed by atoms with Gasteiger partial charge in [-0.1, -0.05) is 37.3 Å². The van der Waals surface area contributed by atoms with Gasteiger partial charge in [-0.15, -0.1) is 16.9 Å². The maximum absolute atomic E-state index is 13.5. The first kappa shape index (κ1) is 25.8. The molecule has 0 aliphatic heterocycles. The average Bonchev–Trinajstić information content (AvgIpc) is 3.26. The van der Waals surface area contributed by atoms with E-state index in [9.17, 15) is 14.7 Å². The van der Waals surface area contributed by atoms with Crippen molar-refractivity contribution in [2.75, 3.05) is 4.90 Å². The van der Waals surface area contributed by atoms with E-state index in [0.29, 0.717) is 5.92 Å². The number of carbonyl (C=O) groups is 2. The molecule has 0 bridgehead atoms. The molecule has 1 aliphatic rings. The third kappa shape index (κ3) is 6.29. The lowest BCUT2D eigenvalue weighted by molar-refractivity contribution is -0.124. The molecule has 1 saturated carbocycles. The summed E-state index contributed by atoms with van der Waals surface area (Å²) in [4.78, 5) is 27.8. The molecule has 8 heteroatoms. The van der Waals surface area contributed by atoms with E-state index in [1.807, 2.05) is 56.3 Å². The summed E-state index contributed by atoms with van der Waals surface area (Å²) in [5, 5.41) is 14.0. The number of anilines is 1. The predicted octanol–water partition coefficient (Wildman–Crippen LogP) is 6.79. The minimum absolute atomic E-state index is 0.0225. The lowest BCUT2D eigenvalue weighted by atomic mass is 9.82. The fourth-order valence-electron chi connectivity index (χ4n) is 4.55. The van der Waals surface area contributed by atoms with Crippen molar-refractivity contribution in [3.8, 4) is 11.4 Å². The molecule has 0 radical (unpaired) electrons. The van der Waals surface area contributed by atoms with Crippen LogP contribution in [0.3, 0.4) is 0 Å². The van der Waals surface area contributed by atoms with Gasteiger partial charge in [0, 0.05) is 22.6 Å². The number of ether oxygens (including phenoxy) is 1. The minimum atomic E-state index is -1.44. The largest absolute Gasteiger partial charge is 0.511 e. The highest BCUT2D eigenvalue weighted by molar-refractivity contribution is 7.98. The van der Waals surface area contributed by atoms with Crippen LogP contribution in [0.5, 0.6) is 5.75 Å². The molecule has 2 aromatic carbocycles. The van der Waals surface area contributed by atoms with Gasteiger partial charge in [-0.25, -0.2) is 9.48 Å². The third-order valence-corrected chi connectivity index (χ3v) is 7.64. The molecule has 1 heterocycles. The van der Waals surface area contributed by atoms with Crippen LogP contribution in [-0.2, 0) is 10.5 Å². The Bertz CT molecular complexity index is 1170. The quantitative estimate of drug-likeness (QED) is 0.267. The number of thioether (sulfide) groups is 1. The second-order valence-corrected chi connectivity index (χ2v) is 10.7. The van der Waals surface area contributed by atoms with Gasteiger partial charge in [0.25, 0.3) is 0 Å². The number of carboxylic acid groups (broad SMARTS) is 1. The Morgan fingerprint density at radius 3 is 2.36 bits per heavy atom. The zero-order chi connectivity index (χ0) is 25.7. The van der Waals surface area contributed by atoms with Crippen molar-refractivity contribution in [3.05, 3.63) is 66.4 Å². The van der Waals surface area contributed by atoms with Crippen LogP contribution in [0.1, 0.15) is 52.0 Å². The molecule has 1 aromatic heterocycles. The van der Waals surface area contributed by atoms with Gasteiger partial charge < -0.3 is 9.84 Å². The van der Waals surface area contributed by atoms with Gasteiger partial charge in [-0.3, -0.25) is 9.69 Å². The summed E-state index contributed by atoms with van der Waals surface area (Å²) in [6, 6.07) is 18.0. The number of nitrogens with zero attached hydrogens (tertiary/aromatic N) is 3. The van der Waals surface area contributed by atoms with Gasteiger partial charge in [0.15, 0.2) is 5.75 Å². The van der Waals surface area contributed by atoms with E-state index in [1.165, 1.54) is 11.1 Å². The number of hydrogen-bond acceptors (Lipinski definition) is 5. The van der Waals surface area contributed by atoms with E-state index in [1.54, 1.807) is 21.3 Å². The lowest BCUT2D eigenvalue weighted by Gasteiger charge is -2.32. The minimum Gasteiger partial charge on any atom is -0.449 e. The number of rotatable bonds is 8. The first-order valence-electron chi connectivity index (χ1n) is 12.4. The van der Waals surface area contributed by atoms with Crippen molar-refractivity contribution in [3.63, 3.8) is 0 Å². The van der Waals surface area contributed by atoms with Crippen molar-refractivity contribution in [2.24, 2.45) is 11.8 Å². The predicted molar refractivity (Wildman–Crippen MR) is 142 cm³/mol. The van der Waals surface area contributed by atoms with Crippen LogP contribution in [0.25, 0.3) is 5.69 Å². The summed E-state index contributed by atoms with van der Waals surface area (Å²) in [7, 11) is 0.